The molecule has 27 heavy (non-hydrogen) atoms. The van der Waals surface area contributed by atoms with Crippen LogP contribution in [0.2, 0.25) is 0 Å². The van der Waals surface area contributed by atoms with Crippen molar-refractivity contribution in [3.05, 3.63) is 77.4 Å². The average Bonchev–Trinajstić information content (AvgIpc) is 3.28. The van der Waals surface area contributed by atoms with Gasteiger partial charge in [0.2, 0.25) is 5.95 Å². The minimum absolute atomic E-state index is 0.220. The van der Waals surface area contributed by atoms with Crippen LogP contribution in [-0.4, -0.2) is 34.1 Å². The van der Waals surface area contributed by atoms with E-state index in [9.17, 15) is 4.79 Å². The van der Waals surface area contributed by atoms with Gasteiger partial charge in [0, 0.05) is 12.4 Å². The van der Waals surface area contributed by atoms with Crippen LogP contribution in [0.15, 0.2) is 66.1 Å². The van der Waals surface area contributed by atoms with Gasteiger partial charge in [0.1, 0.15) is 11.8 Å². The van der Waals surface area contributed by atoms with E-state index in [-0.39, 0.29) is 11.7 Å². The quantitative estimate of drug-likeness (QED) is 0.535. The number of para-hydroxylation sites is 2. The van der Waals surface area contributed by atoms with Gasteiger partial charge in [-0.2, -0.15) is 4.98 Å². The summed E-state index contributed by atoms with van der Waals surface area (Å²) >= 11 is 0. The number of hydrogen-bond donors (Lipinski definition) is 1. The topological polar surface area (TPSA) is 94.3 Å². The fraction of sp³-hybridized carbons (Fsp3) is 0.105. The third-order valence-electron chi connectivity index (χ3n) is 4.67. The van der Waals surface area contributed by atoms with Crippen LogP contribution >= 0.6 is 0 Å². The maximum Gasteiger partial charge on any atom is 0.328 e. The number of hydrogen-bond acceptors (Lipinski definition) is 5. The standard InChI is InChI=1S/C19H15N7O/c1-12(13-5-4-8-20-9-13)26-17-15(23-19(26)27)10-21-18(24-17)25-11-22-14-6-2-3-7-16(14)25/h2-12H,1H3,(H,23,27)/t12-/m1/s1. The summed E-state index contributed by atoms with van der Waals surface area (Å²) in [5.74, 6) is 0.460. The summed E-state index contributed by atoms with van der Waals surface area (Å²) in [7, 11) is 0. The number of nitrogens with one attached hydrogen (secondary N) is 1. The largest absolute Gasteiger partial charge is 0.328 e. The van der Waals surface area contributed by atoms with Crippen LogP contribution in [0, 0.1) is 0 Å². The van der Waals surface area contributed by atoms with E-state index in [2.05, 4.69) is 24.9 Å². The second-order valence-corrected chi connectivity index (χ2v) is 6.27. The molecule has 1 atom stereocenters. The number of pyridine rings is 1. The molecule has 0 bridgehead atoms. The van der Waals surface area contributed by atoms with Gasteiger partial charge in [-0.15, -0.1) is 0 Å². The summed E-state index contributed by atoms with van der Waals surface area (Å²) in [6, 6.07) is 11.3. The Balaban J connectivity index is 1.71. The van der Waals surface area contributed by atoms with Crippen LogP contribution in [0.25, 0.3) is 28.1 Å². The van der Waals surface area contributed by atoms with Gasteiger partial charge in [-0.1, -0.05) is 18.2 Å². The highest BCUT2D eigenvalue weighted by Crippen LogP contribution is 2.21. The number of fused-ring (bicyclic) bond motifs is 2. The van der Waals surface area contributed by atoms with Crippen molar-refractivity contribution in [3.63, 3.8) is 0 Å². The fourth-order valence-electron chi connectivity index (χ4n) is 3.27. The van der Waals surface area contributed by atoms with Crippen molar-refractivity contribution >= 4 is 22.2 Å². The highest BCUT2D eigenvalue weighted by molar-refractivity contribution is 5.77. The van der Waals surface area contributed by atoms with Gasteiger partial charge in [0.05, 0.1) is 23.3 Å². The summed E-state index contributed by atoms with van der Waals surface area (Å²) < 4.78 is 3.43. The highest BCUT2D eigenvalue weighted by atomic mass is 16.1. The van der Waals surface area contributed by atoms with Crippen molar-refractivity contribution in [1.29, 1.82) is 0 Å². The van der Waals surface area contributed by atoms with Gasteiger partial charge in [-0.3, -0.25) is 14.1 Å². The lowest BCUT2D eigenvalue weighted by Crippen LogP contribution is -2.21. The molecule has 1 aromatic carbocycles. The predicted octanol–water partition coefficient (Wildman–Crippen LogP) is 2.46. The molecule has 8 heteroatoms. The first-order valence-corrected chi connectivity index (χ1v) is 8.52. The van der Waals surface area contributed by atoms with Gasteiger partial charge in [0.15, 0.2) is 5.65 Å². The Kier molecular flexibility index (Phi) is 3.36. The van der Waals surface area contributed by atoms with E-state index in [1.807, 2.05) is 47.9 Å². The summed E-state index contributed by atoms with van der Waals surface area (Å²) in [5.41, 5.74) is 3.58. The SMILES string of the molecule is C[C@H](c1cccnc1)n1c(=O)[nH]c2cnc(-n3cnc4ccccc43)nc21. The number of benzene rings is 1. The van der Waals surface area contributed by atoms with Crippen molar-refractivity contribution < 1.29 is 0 Å². The van der Waals surface area contributed by atoms with E-state index in [1.54, 1.807) is 29.5 Å². The summed E-state index contributed by atoms with van der Waals surface area (Å²) in [4.78, 5) is 33.0. The Hall–Kier alpha value is -3.81. The van der Waals surface area contributed by atoms with Crippen LogP contribution in [0.3, 0.4) is 0 Å². The monoisotopic (exact) mass is 357 g/mol. The van der Waals surface area contributed by atoms with Gasteiger partial charge in [-0.25, -0.2) is 14.8 Å². The molecule has 0 spiro atoms. The van der Waals surface area contributed by atoms with Crippen LogP contribution < -0.4 is 5.69 Å². The van der Waals surface area contributed by atoms with Gasteiger partial charge >= 0.3 is 5.69 Å². The Labute approximate surface area is 153 Å². The highest BCUT2D eigenvalue weighted by Gasteiger charge is 2.18. The molecular formula is C19H15N7O. The Morgan fingerprint density at radius 1 is 1.07 bits per heavy atom. The van der Waals surface area contributed by atoms with Crippen molar-refractivity contribution in [2.45, 2.75) is 13.0 Å². The fourth-order valence-corrected chi connectivity index (χ4v) is 3.27. The second kappa shape index (κ2) is 5.87. The van der Waals surface area contributed by atoms with E-state index in [0.29, 0.717) is 17.1 Å². The summed E-state index contributed by atoms with van der Waals surface area (Å²) in [6.45, 7) is 1.94. The zero-order chi connectivity index (χ0) is 18.4. The molecule has 5 rings (SSSR count). The Morgan fingerprint density at radius 3 is 2.81 bits per heavy atom. The number of imidazole rings is 2. The average molecular weight is 357 g/mol. The maximum absolute atomic E-state index is 12.6. The van der Waals surface area contributed by atoms with Crippen molar-refractivity contribution in [2.75, 3.05) is 0 Å². The molecule has 0 aliphatic heterocycles. The lowest BCUT2D eigenvalue weighted by molar-refractivity contribution is 0.627. The molecular weight excluding hydrogens is 342 g/mol. The molecule has 4 aromatic heterocycles. The van der Waals surface area contributed by atoms with Gasteiger partial charge in [-0.05, 0) is 30.7 Å². The third-order valence-corrected chi connectivity index (χ3v) is 4.67. The molecule has 132 valence electrons. The first kappa shape index (κ1) is 15.4. The molecule has 0 aliphatic carbocycles. The molecule has 0 radical (unpaired) electrons. The molecule has 0 fully saturated rings. The lowest BCUT2D eigenvalue weighted by atomic mass is 10.1. The van der Waals surface area contributed by atoms with Crippen molar-refractivity contribution in [3.8, 4) is 5.95 Å². The molecule has 0 saturated carbocycles. The number of aromatic amines is 1. The summed E-state index contributed by atoms with van der Waals surface area (Å²) in [6.07, 6.45) is 6.77. The normalized spacial score (nSPS) is 12.6. The van der Waals surface area contributed by atoms with Crippen LogP contribution in [0.1, 0.15) is 18.5 Å². The molecule has 0 unspecified atom stereocenters. The lowest BCUT2D eigenvalue weighted by Gasteiger charge is -2.13. The van der Waals surface area contributed by atoms with E-state index < -0.39 is 0 Å². The Morgan fingerprint density at radius 2 is 1.96 bits per heavy atom. The molecule has 5 aromatic rings. The zero-order valence-corrected chi connectivity index (χ0v) is 14.4. The molecule has 0 amide bonds. The smallest absolute Gasteiger partial charge is 0.303 e. The Bertz CT molecular complexity index is 1320. The maximum atomic E-state index is 12.6. The van der Waals surface area contributed by atoms with Gasteiger partial charge < -0.3 is 4.98 Å². The van der Waals surface area contributed by atoms with Crippen LogP contribution in [0.5, 0.6) is 0 Å². The van der Waals surface area contributed by atoms with E-state index in [0.717, 1.165) is 16.6 Å². The van der Waals surface area contributed by atoms with E-state index >= 15 is 0 Å². The number of aromatic nitrogens is 7. The molecule has 1 N–H and O–H groups in total. The van der Waals surface area contributed by atoms with Gasteiger partial charge in [0.25, 0.3) is 0 Å². The minimum atomic E-state index is -0.233. The molecule has 4 heterocycles. The molecule has 0 aliphatic rings. The van der Waals surface area contributed by atoms with Crippen LogP contribution in [0.4, 0.5) is 0 Å². The first-order valence-electron chi connectivity index (χ1n) is 8.52. The number of H-pyrrole nitrogens is 1. The molecule has 8 nitrogen and oxygen atoms in total. The van der Waals surface area contributed by atoms with Crippen molar-refractivity contribution in [1.82, 2.24) is 34.1 Å². The second-order valence-electron chi connectivity index (χ2n) is 6.27. The summed E-state index contributed by atoms with van der Waals surface area (Å²) in [5, 5.41) is 0. The molecule has 0 saturated heterocycles. The van der Waals surface area contributed by atoms with Crippen molar-refractivity contribution in [2.24, 2.45) is 0 Å². The number of rotatable bonds is 3. The zero-order valence-electron chi connectivity index (χ0n) is 14.4. The predicted molar refractivity (Wildman–Crippen MR) is 101 cm³/mol. The van der Waals surface area contributed by atoms with E-state index in [4.69, 9.17) is 0 Å². The number of nitrogens with zero attached hydrogens (tertiary/aromatic N) is 6. The first-order chi connectivity index (χ1) is 13.2. The minimum Gasteiger partial charge on any atom is -0.303 e. The van der Waals surface area contributed by atoms with Crippen LogP contribution in [-0.2, 0) is 0 Å². The van der Waals surface area contributed by atoms with E-state index in [1.165, 1.54) is 0 Å². The third kappa shape index (κ3) is 2.42.